The second-order valence-electron chi connectivity index (χ2n) is 9.44. The number of pyridine rings is 1. The summed E-state index contributed by atoms with van der Waals surface area (Å²) in [4.78, 5) is 19.3. The van der Waals surface area contributed by atoms with Gasteiger partial charge in [0.1, 0.15) is 11.4 Å². The Kier molecular flexibility index (Phi) is 8.80. The summed E-state index contributed by atoms with van der Waals surface area (Å²) in [5, 5.41) is 14.1. The monoisotopic (exact) mass is 553 g/mol. The maximum atomic E-state index is 13.7. The minimum atomic E-state index is -4.61. The van der Waals surface area contributed by atoms with Crippen LogP contribution < -0.4 is 15.4 Å². The van der Waals surface area contributed by atoms with Gasteiger partial charge in [0.05, 0.1) is 30.2 Å². The minimum absolute atomic E-state index is 0.0755. The number of aromatic nitrogens is 4. The summed E-state index contributed by atoms with van der Waals surface area (Å²) in [6, 6.07) is 10.5. The number of hydrogen-bond acceptors (Lipinski definition) is 7. The van der Waals surface area contributed by atoms with Crippen LogP contribution in [0.1, 0.15) is 27.0 Å². The molecule has 0 saturated heterocycles. The van der Waals surface area contributed by atoms with Gasteiger partial charge in [0.25, 0.3) is 5.91 Å². The van der Waals surface area contributed by atoms with Crippen LogP contribution in [0.5, 0.6) is 5.75 Å². The predicted octanol–water partition coefficient (Wildman–Crippen LogP) is 4.57. The van der Waals surface area contributed by atoms with Gasteiger partial charge in [-0.15, -0.1) is 5.10 Å². The molecule has 40 heavy (non-hydrogen) atoms. The Morgan fingerprint density at radius 3 is 2.62 bits per heavy atom. The van der Waals surface area contributed by atoms with Crippen molar-refractivity contribution in [3.8, 4) is 22.7 Å². The van der Waals surface area contributed by atoms with Crippen LogP contribution in [0.3, 0.4) is 0 Å². The van der Waals surface area contributed by atoms with E-state index in [1.807, 2.05) is 32.0 Å². The summed E-state index contributed by atoms with van der Waals surface area (Å²) in [5.41, 5.74) is 2.34. The largest absolute Gasteiger partial charge is 0.494 e. The molecule has 12 heteroatoms. The van der Waals surface area contributed by atoms with E-state index in [1.165, 1.54) is 11.8 Å². The first-order valence-corrected chi connectivity index (χ1v) is 12.5. The van der Waals surface area contributed by atoms with E-state index < -0.39 is 17.6 Å². The van der Waals surface area contributed by atoms with Gasteiger partial charge in [-0.25, -0.2) is 4.68 Å². The number of carbonyl (C=O) groups excluding carboxylic acids is 1. The van der Waals surface area contributed by atoms with E-state index in [2.05, 4.69) is 25.9 Å². The van der Waals surface area contributed by atoms with Gasteiger partial charge in [-0.3, -0.25) is 9.78 Å². The molecule has 2 aromatic carbocycles. The third-order valence-electron chi connectivity index (χ3n) is 6.17. The number of nitrogens with zero attached hydrogens (tertiary/aromatic N) is 5. The smallest absolute Gasteiger partial charge is 0.416 e. The summed E-state index contributed by atoms with van der Waals surface area (Å²) in [5.74, 6) is -0.443. The third-order valence-corrected chi connectivity index (χ3v) is 6.17. The molecular weight excluding hydrogens is 523 g/mol. The lowest BCUT2D eigenvalue weighted by Gasteiger charge is -2.19. The van der Waals surface area contributed by atoms with Crippen LogP contribution in [0.4, 0.5) is 18.9 Å². The lowest BCUT2D eigenvalue weighted by Crippen LogP contribution is -2.26. The maximum absolute atomic E-state index is 13.7. The zero-order chi connectivity index (χ0) is 28.9. The number of benzene rings is 2. The van der Waals surface area contributed by atoms with Crippen LogP contribution in [0.15, 0.2) is 61.1 Å². The summed E-state index contributed by atoms with van der Waals surface area (Å²) in [6.07, 6.45) is 0.427. The molecule has 0 unspecified atom stereocenters. The van der Waals surface area contributed by atoms with E-state index in [4.69, 9.17) is 4.74 Å². The molecule has 2 heterocycles. The molecule has 0 aliphatic carbocycles. The number of ether oxygens (including phenoxy) is 1. The summed E-state index contributed by atoms with van der Waals surface area (Å²) in [7, 11) is 5.16. The number of likely N-dealkylation sites (N-methyl/N-ethyl adjacent to an activating group) is 1. The third kappa shape index (κ3) is 6.82. The van der Waals surface area contributed by atoms with Crippen molar-refractivity contribution in [2.75, 3.05) is 39.6 Å². The zero-order valence-corrected chi connectivity index (χ0v) is 22.6. The Labute approximate surface area is 230 Å². The quantitative estimate of drug-likeness (QED) is 0.278. The molecule has 0 aliphatic rings. The average molecular weight is 554 g/mol. The molecule has 0 atom stereocenters. The van der Waals surface area contributed by atoms with E-state index in [0.717, 1.165) is 23.3 Å². The highest BCUT2D eigenvalue weighted by Gasteiger charge is 2.33. The second kappa shape index (κ2) is 12.3. The average Bonchev–Trinajstić information content (AvgIpc) is 3.41. The van der Waals surface area contributed by atoms with Crippen molar-refractivity contribution in [1.82, 2.24) is 30.2 Å². The van der Waals surface area contributed by atoms with Crippen molar-refractivity contribution in [2.24, 2.45) is 0 Å². The molecule has 0 radical (unpaired) electrons. The summed E-state index contributed by atoms with van der Waals surface area (Å²) < 4.78 is 48.2. The molecular formula is C28H30F3N7O2. The summed E-state index contributed by atoms with van der Waals surface area (Å²) in [6.45, 7) is 3.25. The molecule has 0 bridgehead atoms. The van der Waals surface area contributed by atoms with Crippen LogP contribution in [0.25, 0.3) is 16.9 Å². The van der Waals surface area contributed by atoms with Crippen molar-refractivity contribution >= 4 is 11.6 Å². The van der Waals surface area contributed by atoms with Crippen molar-refractivity contribution in [2.45, 2.75) is 19.6 Å². The summed E-state index contributed by atoms with van der Waals surface area (Å²) >= 11 is 0. The first-order valence-electron chi connectivity index (χ1n) is 12.5. The number of halogens is 3. The van der Waals surface area contributed by atoms with Crippen LogP contribution in [-0.2, 0) is 12.7 Å². The lowest BCUT2D eigenvalue weighted by molar-refractivity contribution is -0.137. The first-order chi connectivity index (χ1) is 19.1. The Hall–Kier alpha value is -4.29. The number of nitrogens with one attached hydrogen (secondary N) is 2. The highest BCUT2D eigenvalue weighted by Crippen LogP contribution is 2.38. The second-order valence-corrected chi connectivity index (χ2v) is 9.44. The highest BCUT2D eigenvalue weighted by atomic mass is 19.4. The van der Waals surface area contributed by atoms with Gasteiger partial charge in [0.15, 0.2) is 0 Å². The molecule has 4 aromatic rings. The van der Waals surface area contributed by atoms with Gasteiger partial charge in [-0.2, -0.15) is 13.2 Å². The fraction of sp³-hybridized carbons (Fsp3) is 0.286. The molecule has 210 valence electrons. The molecule has 9 nitrogen and oxygen atoms in total. The van der Waals surface area contributed by atoms with Crippen molar-refractivity contribution < 1.29 is 22.7 Å². The Bertz CT molecular complexity index is 1470. The lowest BCUT2D eigenvalue weighted by atomic mass is 10.1. The molecule has 0 fully saturated rings. The van der Waals surface area contributed by atoms with Gasteiger partial charge in [-0.05, 0) is 63.0 Å². The number of hydrogen-bond donors (Lipinski definition) is 2. The number of rotatable bonds is 10. The Balaban J connectivity index is 1.62. The fourth-order valence-electron chi connectivity index (χ4n) is 4.06. The molecule has 0 spiro atoms. The Morgan fingerprint density at radius 2 is 1.95 bits per heavy atom. The first kappa shape index (κ1) is 28.7. The van der Waals surface area contributed by atoms with Crippen molar-refractivity contribution in [1.29, 1.82) is 0 Å². The normalized spacial score (nSPS) is 11.6. The predicted molar refractivity (Wildman–Crippen MR) is 146 cm³/mol. The fourth-order valence-corrected chi connectivity index (χ4v) is 4.06. The van der Waals surface area contributed by atoms with Crippen LogP contribution in [-0.4, -0.2) is 65.1 Å². The number of aryl methyl sites for hydroxylation is 1. The molecule has 2 aromatic heterocycles. The topological polar surface area (TPSA) is 97.2 Å². The van der Waals surface area contributed by atoms with Crippen molar-refractivity contribution in [3.63, 3.8) is 0 Å². The Morgan fingerprint density at radius 1 is 1.15 bits per heavy atom. The van der Waals surface area contributed by atoms with E-state index >= 15 is 0 Å². The molecule has 0 saturated carbocycles. The SMILES string of the molecule is COc1c(CNCCN(C)C)cc(C(F)(F)F)cc1NC(=O)c1ccc(C)c(-n2cc(-c3cccnc3)nn2)c1. The minimum Gasteiger partial charge on any atom is -0.494 e. The van der Waals surface area contributed by atoms with Crippen LogP contribution in [0.2, 0.25) is 0 Å². The zero-order valence-electron chi connectivity index (χ0n) is 22.6. The number of methoxy groups -OCH3 is 1. The molecule has 2 N–H and O–H groups in total. The van der Waals surface area contributed by atoms with Gasteiger partial charge in [-0.1, -0.05) is 11.3 Å². The van der Waals surface area contributed by atoms with Gasteiger partial charge >= 0.3 is 6.18 Å². The highest BCUT2D eigenvalue weighted by molar-refractivity contribution is 6.05. The van der Waals surface area contributed by atoms with Gasteiger partial charge in [0.2, 0.25) is 0 Å². The number of alkyl halides is 3. The van der Waals surface area contributed by atoms with Gasteiger partial charge < -0.3 is 20.3 Å². The molecule has 1 amide bonds. The number of anilines is 1. The number of amides is 1. The van der Waals surface area contributed by atoms with E-state index in [9.17, 15) is 18.0 Å². The molecule has 4 rings (SSSR count). The van der Waals surface area contributed by atoms with Crippen LogP contribution >= 0.6 is 0 Å². The van der Waals surface area contributed by atoms with Gasteiger partial charge in [0, 0.05) is 48.7 Å². The van der Waals surface area contributed by atoms with Crippen LogP contribution in [0, 0.1) is 6.92 Å². The van der Waals surface area contributed by atoms with E-state index in [1.54, 1.807) is 42.9 Å². The maximum Gasteiger partial charge on any atom is 0.416 e. The molecule has 0 aliphatic heterocycles. The van der Waals surface area contributed by atoms with E-state index in [-0.39, 0.29) is 29.1 Å². The standard InChI is InChI=1S/C28H30F3N7O2/c1-18-7-8-19(13-25(18)38-17-24(35-36-38)20-6-5-9-32-15-20)27(39)34-23-14-22(28(29,30)31)12-21(26(23)40-4)16-33-10-11-37(2)3/h5-9,12-15,17,33H,10-11,16H2,1-4H3,(H,34,39). The van der Waals surface area contributed by atoms with E-state index in [0.29, 0.717) is 24.5 Å². The number of carbonyl (C=O) groups is 1. The van der Waals surface area contributed by atoms with Crippen molar-refractivity contribution in [3.05, 3.63) is 83.3 Å².